The highest BCUT2D eigenvalue weighted by molar-refractivity contribution is 5.85. The Bertz CT molecular complexity index is 467. The van der Waals surface area contributed by atoms with Gasteiger partial charge in [-0.25, -0.2) is 0 Å². The molecule has 1 heterocycles. The van der Waals surface area contributed by atoms with E-state index in [-0.39, 0.29) is 18.1 Å². The first-order valence-electron chi connectivity index (χ1n) is 7.76. The minimum atomic E-state index is -0.154. The Morgan fingerprint density at radius 3 is 2.55 bits per heavy atom. The van der Waals surface area contributed by atoms with Crippen molar-refractivity contribution in [3.8, 4) is 0 Å². The molecule has 3 nitrogen and oxygen atoms in total. The van der Waals surface area contributed by atoms with Crippen LogP contribution in [0.1, 0.15) is 44.7 Å². The Morgan fingerprint density at radius 1 is 1.25 bits per heavy atom. The van der Waals surface area contributed by atoms with E-state index in [1.807, 2.05) is 30.3 Å². The summed E-state index contributed by atoms with van der Waals surface area (Å²) in [5, 5.41) is 3.55. The lowest BCUT2D eigenvalue weighted by Crippen LogP contribution is -2.39. The molecule has 1 N–H and O–H groups in total. The van der Waals surface area contributed by atoms with E-state index in [4.69, 9.17) is 0 Å². The van der Waals surface area contributed by atoms with E-state index in [0.717, 1.165) is 24.4 Å². The highest BCUT2D eigenvalue weighted by Gasteiger charge is 2.41. The van der Waals surface area contributed by atoms with Crippen LogP contribution in [0.4, 0.5) is 0 Å². The third kappa shape index (κ3) is 2.88. The molecular formula is C17H24N2O. The van der Waals surface area contributed by atoms with Gasteiger partial charge in [0.1, 0.15) is 6.04 Å². The van der Waals surface area contributed by atoms with Crippen LogP contribution < -0.4 is 5.32 Å². The summed E-state index contributed by atoms with van der Waals surface area (Å²) in [4.78, 5) is 14.8. The average molecular weight is 272 g/mol. The van der Waals surface area contributed by atoms with E-state index in [1.54, 1.807) is 0 Å². The Labute approximate surface area is 121 Å². The van der Waals surface area contributed by atoms with Crippen molar-refractivity contribution in [1.29, 1.82) is 0 Å². The van der Waals surface area contributed by atoms with Crippen molar-refractivity contribution in [3.05, 3.63) is 35.9 Å². The molecule has 0 aromatic heterocycles. The smallest absolute Gasteiger partial charge is 0.245 e. The zero-order chi connectivity index (χ0) is 14.1. The minimum absolute atomic E-state index is 0.154. The summed E-state index contributed by atoms with van der Waals surface area (Å²) < 4.78 is 0. The van der Waals surface area contributed by atoms with Gasteiger partial charge in [-0.05, 0) is 36.7 Å². The molecule has 1 aliphatic heterocycles. The zero-order valence-corrected chi connectivity index (χ0v) is 12.4. The minimum Gasteiger partial charge on any atom is -0.325 e. The van der Waals surface area contributed by atoms with Gasteiger partial charge in [-0.1, -0.05) is 44.2 Å². The van der Waals surface area contributed by atoms with E-state index in [2.05, 4.69) is 24.1 Å². The second kappa shape index (κ2) is 5.57. The number of hydrogen-bond donors (Lipinski definition) is 1. The van der Waals surface area contributed by atoms with Crippen LogP contribution in [0.25, 0.3) is 0 Å². The maximum absolute atomic E-state index is 12.7. The van der Waals surface area contributed by atoms with Crippen LogP contribution in [0.2, 0.25) is 0 Å². The highest BCUT2D eigenvalue weighted by Crippen LogP contribution is 2.34. The topological polar surface area (TPSA) is 32.3 Å². The molecule has 3 heteroatoms. The summed E-state index contributed by atoms with van der Waals surface area (Å²) in [6.45, 7) is 5.38. The average Bonchev–Trinajstić information content (AvgIpc) is 3.20. The van der Waals surface area contributed by atoms with Crippen LogP contribution in [-0.2, 0) is 4.79 Å². The third-order valence-corrected chi connectivity index (χ3v) is 4.24. The largest absolute Gasteiger partial charge is 0.325 e. The second-order valence-electron chi connectivity index (χ2n) is 6.59. The van der Waals surface area contributed by atoms with Gasteiger partial charge in [0.2, 0.25) is 5.91 Å². The molecule has 2 aliphatic rings. The summed E-state index contributed by atoms with van der Waals surface area (Å²) in [5.74, 6) is 1.59. The molecule has 1 saturated heterocycles. The van der Waals surface area contributed by atoms with E-state index in [0.29, 0.717) is 5.92 Å². The lowest BCUT2D eigenvalue weighted by atomic mass is 10.1. The number of nitrogens with zero attached hydrogens (tertiary/aromatic N) is 1. The van der Waals surface area contributed by atoms with Gasteiger partial charge in [0, 0.05) is 6.54 Å². The maximum Gasteiger partial charge on any atom is 0.245 e. The fraction of sp³-hybridized carbons (Fsp3) is 0.588. The molecule has 0 spiro atoms. The lowest BCUT2D eigenvalue weighted by Gasteiger charge is -2.25. The van der Waals surface area contributed by atoms with Crippen molar-refractivity contribution in [2.24, 2.45) is 11.8 Å². The first-order chi connectivity index (χ1) is 9.65. The second-order valence-corrected chi connectivity index (χ2v) is 6.59. The van der Waals surface area contributed by atoms with E-state index in [9.17, 15) is 4.79 Å². The predicted molar refractivity (Wildman–Crippen MR) is 80.0 cm³/mol. The number of nitrogens with one attached hydrogen (secondary N) is 1. The van der Waals surface area contributed by atoms with Crippen molar-refractivity contribution in [3.63, 3.8) is 0 Å². The monoisotopic (exact) mass is 272 g/mol. The number of benzene rings is 1. The fourth-order valence-electron chi connectivity index (χ4n) is 2.99. The molecule has 2 fully saturated rings. The Kier molecular flexibility index (Phi) is 3.79. The van der Waals surface area contributed by atoms with Gasteiger partial charge in [0.15, 0.2) is 0 Å². The zero-order valence-electron chi connectivity index (χ0n) is 12.4. The highest BCUT2D eigenvalue weighted by atomic mass is 16.2. The van der Waals surface area contributed by atoms with Crippen LogP contribution in [0.5, 0.6) is 0 Å². The normalized spacial score (nSPS) is 26.6. The van der Waals surface area contributed by atoms with Crippen LogP contribution in [0, 0.1) is 11.8 Å². The van der Waals surface area contributed by atoms with Crippen molar-refractivity contribution >= 4 is 5.91 Å². The van der Waals surface area contributed by atoms with E-state index >= 15 is 0 Å². The van der Waals surface area contributed by atoms with Gasteiger partial charge in [-0.2, -0.15) is 0 Å². The number of hydrogen-bond acceptors (Lipinski definition) is 2. The van der Waals surface area contributed by atoms with E-state index in [1.165, 1.54) is 12.8 Å². The summed E-state index contributed by atoms with van der Waals surface area (Å²) in [5.41, 5.74) is 1.09. The van der Waals surface area contributed by atoms with Crippen molar-refractivity contribution in [2.45, 2.75) is 45.3 Å². The van der Waals surface area contributed by atoms with E-state index < -0.39 is 0 Å². The number of carbonyl (C=O) groups is 1. The summed E-state index contributed by atoms with van der Waals surface area (Å²) in [7, 11) is 0. The Morgan fingerprint density at radius 2 is 1.95 bits per heavy atom. The fourth-order valence-corrected chi connectivity index (χ4v) is 2.99. The van der Waals surface area contributed by atoms with Crippen molar-refractivity contribution in [2.75, 3.05) is 6.54 Å². The maximum atomic E-state index is 12.7. The standard InChI is InChI=1S/C17H24N2O/c1-12(2)10-15-18-16(14-6-4-3-5-7-14)17(20)19(15)11-13-8-9-13/h3-7,12-13,15-16,18H,8-11H2,1-2H3. The van der Waals surface area contributed by atoms with Gasteiger partial charge in [0.05, 0.1) is 6.17 Å². The number of rotatable bonds is 5. The molecule has 0 radical (unpaired) electrons. The molecule has 2 unspecified atom stereocenters. The molecule has 1 saturated carbocycles. The third-order valence-electron chi connectivity index (χ3n) is 4.24. The molecule has 3 rings (SSSR count). The molecule has 108 valence electrons. The SMILES string of the molecule is CC(C)CC1NC(c2ccccc2)C(=O)N1CC1CC1. The van der Waals surface area contributed by atoms with Crippen molar-refractivity contribution in [1.82, 2.24) is 10.2 Å². The molecule has 1 aliphatic carbocycles. The number of amides is 1. The van der Waals surface area contributed by atoms with Gasteiger partial charge in [-0.15, -0.1) is 0 Å². The van der Waals surface area contributed by atoms with Crippen LogP contribution >= 0.6 is 0 Å². The molecule has 20 heavy (non-hydrogen) atoms. The lowest BCUT2D eigenvalue weighted by molar-refractivity contribution is -0.130. The van der Waals surface area contributed by atoms with Crippen LogP contribution in [-0.4, -0.2) is 23.5 Å². The number of carbonyl (C=O) groups excluding carboxylic acids is 1. The van der Waals surface area contributed by atoms with Crippen molar-refractivity contribution < 1.29 is 4.79 Å². The van der Waals surface area contributed by atoms with Crippen LogP contribution in [0.3, 0.4) is 0 Å². The quantitative estimate of drug-likeness (QED) is 0.894. The summed E-state index contributed by atoms with van der Waals surface area (Å²) >= 11 is 0. The van der Waals surface area contributed by atoms with Gasteiger partial charge < -0.3 is 4.90 Å². The molecule has 1 amide bonds. The molecule has 2 atom stereocenters. The molecule has 1 aromatic rings. The summed E-state index contributed by atoms with van der Waals surface area (Å²) in [6.07, 6.45) is 3.80. The molecule has 0 bridgehead atoms. The predicted octanol–water partition coefficient (Wildman–Crippen LogP) is 2.94. The molecule has 1 aromatic carbocycles. The first kappa shape index (κ1) is 13.6. The summed E-state index contributed by atoms with van der Waals surface area (Å²) in [6, 6.07) is 9.94. The Balaban J connectivity index is 1.78. The van der Waals surface area contributed by atoms with Crippen LogP contribution in [0.15, 0.2) is 30.3 Å². The van der Waals surface area contributed by atoms with Gasteiger partial charge >= 0.3 is 0 Å². The van der Waals surface area contributed by atoms with Gasteiger partial charge in [0.25, 0.3) is 0 Å². The Hall–Kier alpha value is -1.35. The molecular weight excluding hydrogens is 248 g/mol. The van der Waals surface area contributed by atoms with Gasteiger partial charge in [-0.3, -0.25) is 10.1 Å². The first-order valence-corrected chi connectivity index (χ1v) is 7.76.